The van der Waals surface area contributed by atoms with Crippen molar-refractivity contribution in [1.29, 1.82) is 0 Å². The molecule has 19 heavy (non-hydrogen) atoms. The Morgan fingerprint density at radius 1 is 0.895 bits per heavy atom. The van der Waals surface area contributed by atoms with Gasteiger partial charge in [0.15, 0.2) is 0 Å². The zero-order valence-electron chi connectivity index (χ0n) is 11.3. The first-order valence-electron chi connectivity index (χ1n) is 7.70. The summed E-state index contributed by atoms with van der Waals surface area (Å²) in [5.41, 5.74) is 0. The van der Waals surface area contributed by atoms with Gasteiger partial charge in [-0.25, -0.2) is 0 Å². The Morgan fingerprint density at radius 3 is 1.89 bits per heavy atom. The number of carboxylic acids is 1. The van der Waals surface area contributed by atoms with Crippen LogP contribution in [0.15, 0.2) is 0 Å². The molecule has 3 aliphatic carbocycles. The first-order chi connectivity index (χ1) is 9.16. The van der Waals surface area contributed by atoms with Crippen LogP contribution < -0.4 is 5.32 Å². The lowest BCUT2D eigenvalue weighted by molar-refractivity contribution is -0.149. The number of carbonyl (C=O) groups is 2. The van der Waals surface area contributed by atoms with E-state index in [0.717, 1.165) is 19.3 Å². The molecular formula is C15H23NO3. The minimum atomic E-state index is -0.797. The third kappa shape index (κ3) is 2.93. The van der Waals surface area contributed by atoms with E-state index in [1.807, 2.05) is 0 Å². The first kappa shape index (κ1) is 12.9. The van der Waals surface area contributed by atoms with Gasteiger partial charge in [-0.1, -0.05) is 12.8 Å². The van der Waals surface area contributed by atoms with Gasteiger partial charge in [0.05, 0.1) is 11.8 Å². The van der Waals surface area contributed by atoms with E-state index >= 15 is 0 Å². The number of aliphatic carboxylic acids is 1. The minimum absolute atomic E-state index is 0.0101. The molecule has 3 fully saturated rings. The van der Waals surface area contributed by atoms with Crippen molar-refractivity contribution in [2.45, 2.75) is 57.4 Å². The smallest absolute Gasteiger partial charge is 0.307 e. The molecule has 3 aliphatic rings. The summed E-state index contributed by atoms with van der Waals surface area (Å²) >= 11 is 0. The second kappa shape index (κ2) is 5.14. The van der Waals surface area contributed by atoms with Crippen molar-refractivity contribution >= 4 is 11.9 Å². The molecule has 0 heterocycles. The molecule has 2 N–H and O–H groups in total. The molecule has 0 aromatic rings. The third-order valence-corrected chi connectivity index (χ3v) is 4.99. The largest absolute Gasteiger partial charge is 0.481 e. The molecule has 2 unspecified atom stereocenters. The molecule has 0 saturated heterocycles. The van der Waals surface area contributed by atoms with E-state index in [1.54, 1.807) is 0 Å². The maximum absolute atomic E-state index is 12.4. The summed E-state index contributed by atoms with van der Waals surface area (Å²) in [6, 6.07) is 0.337. The Labute approximate surface area is 113 Å². The van der Waals surface area contributed by atoms with Gasteiger partial charge in [0, 0.05) is 6.04 Å². The lowest BCUT2D eigenvalue weighted by atomic mass is 9.78. The third-order valence-electron chi connectivity index (χ3n) is 4.99. The fraction of sp³-hybridized carbons (Fsp3) is 0.867. The molecule has 1 amide bonds. The van der Waals surface area contributed by atoms with Crippen molar-refractivity contribution in [2.75, 3.05) is 0 Å². The highest BCUT2D eigenvalue weighted by molar-refractivity contribution is 5.85. The van der Waals surface area contributed by atoms with Crippen molar-refractivity contribution in [2.24, 2.45) is 23.7 Å². The highest BCUT2D eigenvalue weighted by atomic mass is 16.4. The highest BCUT2D eigenvalue weighted by Gasteiger charge is 2.44. The maximum atomic E-state index is 12.4. The first-order valence-corrected chi connectivity index (χ1v) is 7.70. The van der Waals surface area contributed by atoms with Crippen molar-refractivity contribution < 1.29 is 14.7 Å². The topological polar surface area (TPSA) is 66.4 Å². The van der Waals surface area contributed by atoms with Crippen LogP contribution in [0.5, 0.6) is 0 Å². The maximum Gasteiger partial charge on any atom is 0.307 e. The average molecular weight is 265 g/mol. The average Bonchev–Trinajstić information content (AvgIpc) is 3.29. The van der Waals surface area contributed by atoms with Gasteiger partial charge in [0.1, 0.15) is 0 Å². The van der Waals surface area contributed by atoms with Crippen LogP contribution in [-0.2, 0) is 9.59 Å². The molecule has 3 saturated carbocycles. The fourth-order valence-corrected chi connectivity index (χ4v) is 3.54. The summed E-state index contributed by atoms with van der Waals surface area (Å²) in [6.07, 6.45) is 8.25. The molecule has 4 heteroatoms. The summed E-state index contributed by atoms with van der Waals surface area (Å²) in [5, 5.41) is 12.4. The van der Waals surface area contributed by atoms with E-state index in [9.17, 15) is 14.7 Å². The molecule has 0 bridgehead atoms. The predicted molar refractivity (Wildman–Crippen MR) is 70.5 cm³/mol. The Bertz CT molecular complexity index is 362. The van der Waals surface area contributed by atoms with Gasteiger partial charge in [0.2, 0.25) is 5.91 Å². The van der Waals surface area contributed by atoms with E-state index in [-0.39, 0.29) is 11.8 Å². The van der Waals surface area contributed by atoms with Crippen LogP contribution in [-0.4, -0.2) is 23.0 Å². The van der Waals surface area contributed by atoms with Gasteiger partial charge in [-0.2, -0.15) is 0 Å². The molecule has 0 aromatic heterocycles. The van der Waals surface area contributed by atoms with Gasteiger partial charge in [-0.15, -0.1) is 0 Å². The van der Waals surface area contributed by atoms with Crippen LogP contribution in [0.1, 0.15) is 51.4 Å². The Balaban J connectivity index is 1.62. The molecular weight excluding hydrogens is 242 g/mol. The van der Waals surface area contributed by atoms with Crippen LogP contribution in [0, 0.1) is 23.7 Å². The van der Waals surface area contributed by atoms with Gasteiger partial charge in [-0.3, -0.25) is 9.59 Å². The summed E-state index contributed by atoms with van der Waals surface area (Å²) in [6.45, 7) is 0. The quantitative estimate of drug-likeness (QED) is 0.800. The summed E-state index contributed by atoms with van der Waals surface area (Å²) in [7, 11) is 0. The van der Waals surface area contributed by atoms with Crippen molar-refractivity contribution in [3.8, 4) is 0 Å². The number of carbonyl (C=O) groups excluding carboxylic acids is 1. The standard InChI is InChI=1S/C15H23NO3/c17-14(11-3-1-2-4-12(11)15(18)19)16-13(9-5-6-9)10-7-8-10/h9-13H,1-8H2,(H,16,17)(H,18,19). The monoisotopic (exact) mass is 265 g/mol. The summed E-state index contributed by atoms with van der Waals surface area (Å²) in [5.74, 6) is -0.212. The van der Waals surface area contributed by atoms with E-state index in [0.29, 0.717) is 24.3 Å². The van der Waals surface area contributed by atoms with Gasteiger partial charge >= 0.3 is 5.97 Å². The molecule has 106 valence electrons. The number of amides is 1. The zero-order valence-corrected chi connectivity index (χ0v) is 11.3. The number of hydrogen-bond acceptors (Lipinski definition) is 2. The number of nitrogens with one attached hydrogen (secondary N) is 1. The van der Waals surface area contributed by atoms with Crippen LogP contribution in [0.25, 0.3) is 0 Å². The lowest BCUT2D eigenvalue weighted by Crippen LogP contribution is -2.45. The van der Waals surface area contributed by atoms with Crippen molar-refractivity contribution in [3.63, 3.8) is 0 Å². The second-order valence-electron chi connectivity index (χ2n) is 6.54. The normalized spacial score (nSPS) is 31.2. The molecule has 4 nitrogen and oxygen atoms in total. The van der Waals surface area contributed by atoms with E-state index in [1.165, 1.54) is 25.7 Å². The zero-order chi connectivity index (χ0) is 13.4. The van der Waals surface area contributed by atoms with Gasteiger partial charge < -0.3 is 10.4 Å². The highest BCUT2D eigenvalue weighted by Crippen LogP contribution is 2.45. The fourth-order valence-electron chi connectivity index (χ4n) is 3.54. The molecule has 0 radical (unpaired) electrons. The number of rotatable bonds is 5. The Morgan fingerprint density at radius 2 is 1.42 bits per heavy atom. The summed E-state index contributed by atoms with van der Waals surface area (Å²) in [4.78, 5) is 23.7. The Kier molecular flexibility index (Phi) is 3.50. The number of hydrogen-bond donors (Lipinski definition) is 2. The van der Waals surface area contributed by atoms with Crippen molar-refractivity contribution in [1.82, 2.24) is 5.32 Å². The van der Waals surface area contributed by atoms with Crippen LogP contribution in [0.3, 0.4) is 0 Å². The Hall–Kier alpha value is -1.06. The van der Waals surface area contributed by atoms with Crippen LogP contribution in [0.4, 0.5) is 0 Å². The molecule has 2 atom stereocenters. The van der Waals surface area contributed by atoms with Crippen LogP contribution >= 0.6 is 0 Å². The lowest BCUT2D eigenvalue weighted by Gasteiger charge is -2.29. The van der Waals surface area contributed by atoms with Crippen LogP contribution in [0.2, 0.25) is 0 Å². The summed E-state index contributed by atoms with van der Waals surface area (Å²) < 4.78 is 0. The molecule has 3 rings (SSSR count). The van der Waals surface area contributed by atoms with Gasteiger partial charge in [0.25, 0.3) is 0 Å². The van der Waals surface area contributed by atoms with Gasteiger partial charge in [-0.05, 0) is 50.4 Å². The van der Waals surface area contributed by atoms with E-state index < -0.39 is 11.9 Å². The van der Waals surface area contributed by atoms with E-state index in [2.05, 4.69) is 5.32 Å². The second-order valence-corrected chi connectivity index (χ2v) is 6.54. The van der Waals surface area contributed by atoms with E-state index in [4.69, 9.17) is 0 Å². The molecule has 0 spiro atoms. The molecule has 0 aromatic carbocycles. The SMILES string of the molecule is O=C(O)C1CCCCC1C(=O)NC(C1CC1)C1CC1. The predicted octanol–water partition coefficient (Wildman–Crippen LogP) is 2.18. The van der Waals surface area contributed by atoms with Crippen molar-refractivity contribution in [3.05, 3.63) is 0 Å². The number of carboxylic acid groups (broad SMARTS) is 1. The molecule has 0 aliphatic heterocycles. The minimum Gasteiger partial charge on any atom is -0.481 e.